The van der Waals surface area contributed by atoms with Crippen molar-refractivity contribution >= 4 is 5.97 Å². The van der Waals surface area contributed by atoms with Gasteiger partial charge in [0.05, 0.1) is 6.10 Å². The van der Waals surface area contributed by atoms with E-state index >= 15 is 0 Å². The summed E-state index contributed by atoms with van der Waals surface area (Å²) in [4.78, 5) is 11.1. The van der Waals surface area contributed by atoms with Crippen LogP contribution >= 0.6 is 0 Å². The van der Waals surface area contributed by atoms with E-state index in [1.165, 1.54) is 0 Å². The zero-order valence-corrected chi connectivity index (χ0v) is 12.0. The van der Waals surface area contributed by atoms with Gasteiger partial charge in [-0.05, 0) is 32.7 Å². The summed E-state index contributed by atoms with van der Waals surface area (Å²) in [6.45, 7) is 10.8. The molecule has 0 amide bonds. The Morgan fingerprint density at radius 3 is 2.24 bits per heavy atom. The lowest BCUT2D eigenvalue weighted by Gasteiger charge is -2.28. The molecule has 0 saturated carbocycles. The minimum absolute atomic E-state index is 0.0640. The highest BCUT2D eigenvalue weighted by Gasteiger charge is 2.33. The molecule has 4 heteroatoms. The van der Waals surface area contributed by atoms with E-state index in [0.29, 0.717) is 13.0 Å². The quantitative estimate of drug-likeness (QED) is 0.722. The van der Waals surface area contributed by atoms with Crippen molar-refractivity contribution in [2.45, 2.75) is 59.1 Å². The molecule has 0 aliphatic carbocycles. The first kappa shape index (κ1) is 16.4. The molecule has 2 unspecified atom stereocenters. The smallest absolute Gasteiger partial charge is 0.323 e. The number of nitrogens with one attached hydrogen (secondary N) is 1. The summed E-state index contributed by atoms with van der Waals surface area (Å²) in [6.07, 6.45) is 1.37. The van der Waals surface area contributed by atoms with Crippen LogP contribution in [0.15, 0.2) is 0 Å². The second kappa shape index (κ2) is 6.36. The highest BCUT2D eigenvalue weighted by molar-refractivity contribution is 5.78. The molecule has 17 heavy (non-hydrogen) atoms. The molecule has 0 aromatic carbocycles. The van der Waals surface area contributed by atoms with Gasteiger partial charge in [-0.1, -0.05) is 20.8 Å². The van der Waals surface area contributed by atoms with Gasteiger partial charge in [-0.2, -0.15) is 0 Å². The second-order valence-corrected chi connectivity index (χ2v) is 6.08. The molecule has 0 rings (SSSR count). The molecule has 2 N–H and O–H groups in total. The lowest BCUT2D eigenvalue weighted by Crippen LogP contribution is -2.49. The first-order chi connectivity index (χ1) is 7.60. The van der Waals surface area contributed by atoms with Crippen molar-refractivity contribution in [1.29, 1.82) is 0 Å². The first-order valence-corrected chi connectivity index (χ1v) is 6.14. The van der Waals surface area contributed by atoms with Crippen LogP contribution in [0.1, 0.15) is 47.5 Å². The maximum Gasteiger partial charge on any atom is 0.323 e. The lowest BCUT2D eigenvalue weighted by molar-refractivity contribution is -0.145. The number of aliphatic carboxylic acids is 1. The number of likely N-dealkylation sites (N-methyl/N-ethyl adjacent to an activating group) is 1. The molecular formula is C13H27NO3. The van der Waals surface area contributed by atoms with E-state index < -0.39 is 11.5 Å². The summed E-state index contributed by atoms with van der Waals surface area (Å²) in [5.41, 5.74) is -0.667. The summed E-state index contributed by atoms with van der Waals surface area (Å²) in [5.74, 6) is -0.841. The standard InChI is InChI=1S/C13H27NO3/c1-10(17-8-7-12(2,3)4)9-13(5,14-6)11(15)16/h10,14H,7-9H2,1-6H3,(H,15,16). The zero-order chi connectivity index (χ0) is 13.7. The van der Waals surface area contributed by atoms with Gasteiger partial charge < -0.3 is 15.2 Å². The van der Waals surface area contributed by atoms with Crippen molar-refractivity contribution in [2.24, 2.45) is 5.41 Å². The molecule has 2 atom stereocenters. The van der Waals surface area contributed by atoms with Crippen LogP contribution in [0.4, 0.5) is 0 Å². The third kappa shape index (κ3) is 6.64. The lowest BCUT2D eigenvalue weighted by atomic mass is 9.92. The summed E-state index contributed by atoms with van der Waals surface area (Å²) in [7, 11) is 1.66. The average molecular weight is 245 g/mol. The van der Waals surface area contributed by atoms with Crippen LogP contribution in [0.5, 0.6) is 0 Å². The van der Waals surface area contributed by atoms with Crippen LogP contribution in [0, 0.1) is 5.41 Å². The van der Waals surface area contributed by atoms with Crippen LogP contribution in [-0.4, -0.2) is 36.4 Å². The number of carbonyl (C=O) groups is 1. The molecule has 0 saturated heterocycles. The zero-order valence-electron chi connectivity index (χ0n) is 12.0. The predicted molar refractivity (Wildman–Crippen MR) is 69.2 cm³/mol. The Labute approximate surface area is 105 Å². The van der Waals surface area contributed by atoms with Gasteiger partial charge in [-0.3, -0.25) is 4.79 Å². The van der Waals surface area contributed by atoms with Crippen molar-refractivity contribution in [3.8, 4) is 0 Å². The Balaban J connectivity index is 4.09. The van der Waals surface area contributed by atoms with Crippen LogP contribution in [0.2, 0.25) is 0 Å². The van der Waals surface area contributed by atoms with Gasteiger partial charge in [0.1, 0.15) is 5.54 Å². The van der Waals surface area contributed by atoms with E-state index in [2.05, 4.69) is 26.1 Å². The highest BCUT2D eigenvalue weighted by atomic mass is 16.5. The summed E-state index contributed by atoms with van der Waals surface area (Å²) in [6, 6.07) is 0. The third-order valence-electron chi connectivity index (χ3n) is 2.97. The van der Waals surface area contributed by atoms with E-state index in [1.807, 2.05) is 6.92 Å². The van der Waals surface area contributed by atoms with Crippen molar-refractivity contribution < 1.29 is 14.6 Å². The predicted octanol–water partition coefficient (Wildman–Crippen LogP) is 2.28. The van der Waals surface area contributed by atoms with Crippen molar-refractivity contribution in [1.82, 2.24) is 5.32 Å². The number of ether oxygens (including phenoxy) is 1. The molecule has 4 nitrogen and oxygen atoms in total. The van der Waals surface area contributed by atoms with Gasteiger partial charge in [0, 0.05) is 13.0 Å². The van der Waals surface area contributed by atoms with E-state index in [1.54, 1.807) is 14.0 Å². The van der Waals surface area contributed by atoms with Crippen molar-refractivity contribution in [3.05, 3.63) is 0 Å². The Morgan fingerprint density at radius 1 is 1.35 bits per heavy atom. The Bertz CT molecular complexity index is 248. The fourth-order valence-electron chi connectivity index (χ4n) is 1.50. The fraction of sp³-hybridized carbons (Fsp3) is 0.923. The molecule has 0 aromatic heterocycles. The normalized spacial score (nSPS) is 17.5. The van der Waals surface area contributed by atoms with Crippen LogP contribution in [0.3, 0.4) is 0 Å². The van der Waals surface area contributed by atoms with E-state index in [4.69, 9.17) is 9.84 Å². The summed E-state index contributed by atoms with van der Waals surface area (Å²) >= 11 is 0. The maximum absolute atomic E-state index is 11.1. The fourth-order valence-corrected chi connectivity index (χ4v) is 1.50. The van der Waals surface area contributed by atoms with Crippen LogP contribution in [-0.2, 0) is 9.53 Å². The molecule has 0 heterocycles. The minimum atomic E-state index is -0.916. The summed E-state index contributed by atoms with van der Waals surface area (Å²) in [5, 5.41) is 12.0. The van der Waals surface area contributed by atoms with Crippen LogP contribution in [0.25, 0.3) is 0 Å². The molecule has 0 fully saturated rings. The first-order valence-electron chi connectivity index (χ1n) is 6.14. The van der Waals surface area contributed by atoms with E-state index in [-0.39, 0.29) is 11.5 Å². The molecule has 0 aliphatic rings. The van der Waals surface area contributed by atoms with Gasteiger partial charge in [0.15, 0.2) is 0 Å². The number of hydrogen-bond donors (Lipinski definition) is 2. The molecular weight excluding hydrogens is 218 g/mol. The SMILES string of the molecule is CNC(C)(CC(C)OCCC(C)(C)C)C(=O)O. The maximum atomic E-state index is 11.1. The monoisotopic (exact) mass is 245 g/mol. The van der Waals surface area contributed by atoms with Crippen LogP contribution < -0.4 is 5.32 Å². The van der Waals surface area contributed by atoms with Crippen molar-refractivity contribution in [2.75, 3.05) is 13.7 Å². The van der Waals surface area contributed by atoms with Gasteiger partial charge in [-0.15, -0.1) is 0 Å². The average Bonchev–Trinajstić information content (AvgIpc) is 2.15. The van der Waals surface area contributed by atoms with Gasteiger partial charge >= 0.3 is 5.97 Å². The summed E-state index contributed by atoms with van der Waals surface area (Å²) < 4.78 is 5.66. The minimum Gasteiger partial charge on any atom is -0.480 e. The largest absolute Gasteiger partial charge is 0.480 e. The number of rotatable bonds is 7. The van der Waals surface area contributed by atoms with Crippen molar-refractivity contribution in [3.63, 3.8) is 0 Å². The third-order valence-corrected chi connectivity index (χ3v) is 2.97. The Hall–Kier alpha value is -0.610. The second-order valence-electron chi connectivity index (χ2n) is 6.08. The van der Waals surface area contributed by atoms with Gasteiger partial charge in [0.2, 0.25) is 0 Å². The highest BCUT2D eigenvalue weighted by Crippen LogP contribution is 2.20. The molecule has 0 spiro atoms. The van der Waals surface area contributed by atoms with E-state index in [0.717, 1.165) is 6.42 Å². The topological polar surface area (TPSA) is 58.6 Å². The molecule has 0 aromatic rings. The van der Waals surface area contributed by atoms with Gasteiger partial charge in [-0.25, -0.2) is 0 Å². The Kier molecular flexibility index (Phi) is 6.13. The van der Waals surface area contributed by atoms with Gasteiger partial charge in [0.25, 0.3) is 0 Å². The molecule has 0 bridgehead atoms. The van der Waals surface area contributed by atoms with E-state index in [9.17, 15) is 4.79 Å². The number of carboxylic acids is 1. The number of carboxylic acid groups (broad SMARTS) is 1. The Morgan fingerprint density at radius 2 is 1.88 bits per heavy atom. The molecule has 0 radical (unpaired) electrons. The molecule has 0 aliphatic heterocycles. The number of hydrogen-bond acceptors (Lipinski definition) is 3. The molecule has 102 valence electrons.